The van der Waals surface area contributed by atoms with Gasteiger partial charge in [0.15, 0.2) is 0 Å². The Morgan fingerprint density at radius 1 is 0.232 bits per heavy atom. The van der Waals surface area contributed by atoms with Crippen LogP contribution in [0.3, 0.4) is 0 Å². The van der Waals surface area contributed by atoms with Gasteiger partial charge in [-0.1, -0.05) is 72.8 Å². The average molecular weight is 1330 g/mol. The first-order valence-corrected chi connectivity index (χ1v) is 29.9. The van der Waals surface area contributed by atoms with Gasteiger partial charge in [-0.3, -0.25) is 53.8 Å². The first-order valence-electron chi connectivity index (χ1n) is 29.9. The molecule has 0 saturated heterocycles. The number of esters is 3. The number of carbonyl (C=O) groups excluding carboxylic acids is 9. The lowest BCUT2D eigenvalue weighted by atomic mass is 10.2. The molecule has 0 aliphatic heterocycles. The fourth-order valence-electron chi connectivity index (χ4n) is 8.86. The molecule has 0 saturated carbocycles. The van der Waals surface area contributed by atoms with Crippen LogP contribution in [-0.4, -0.2) is 73.3 Å². The van der Waals surface area contributed by atoms with E-state index in [4.69, 9.17) is 28.4 Å². The highest BCUT2D eigenvalue weighted by atomic mass is 16.5. The van der Waals surface area contributed by atoms with Crippen LogP contribution in [0.1, 0.15) is 82.9 Å². The van der Waals surface area contributed by atoms with E-state index < -0.39 is 53.4 Å². The second kappa shape index (κ2) is 32.6. The highest BCUT2D eigenvalue weighted by Gasteiger charge is 2.20. The van der Waals surface area contributed by atoms with E-state index in [0.29, 0.717) is 51.2 Å². The van der Waals surface area contributed by atoms with E-state index in [1.54, 1.807) is 72.8 Å². The average Bonchev–Trinajstić information content (AvgIpc) is 0.852. The molecule has 25 heteroatoms. The van der Waals surface area contributed by atoms with Crippen LogP contribution in [0.5, 0.6) is 51.7 Å². The number of aromatic nitrogens is 4. The van der Waals surface area contributed by atoms with Crippen molar-refractivity contribution in [2.45, 2.75) is 20.8 Å². The summed E-state index contributed by atoms with van der Waals surface area (Å²) in [6, 6.07) is 67.5. The van der Waals surface area contributed by atoms with Crippen molar-refractivity contribution in [3.05, 3.63) is 282 Å². The first kappa shape index (κ1) is 67.7. The molecule has 0 bridgehead atoms. The van der Waals surface area contributed by atoms with Crippen LogP contribution in [0.25, 0.3) is 0 Å². The van der Waals surface area contributed by atoms with Crippen molar-refractivity contribution in [1.29, 1.82) is 0 Å². The summed E-state index contributed by atoms with van der Waals surface area (Å²) in [5.41, 5.74) is 1.28. The maximum atomic E-state index is 13.3. The minimum atomic E-state index is -0.687. The molecule has 6 N–H and O–H groups in total. The topological polar surface area (TPSA) is 333 Å². The van der Waals surface area contributed by atoms with Crippen molar-refractivity contribution in [2.24, 2.45) is 0 Å². The number of nitrogens with one attached hydrogen (secondary N) is 6. The largest absolute Gasteiger partial charge is 0.457 e. The van der Waals surface area contributed by atoms with Gasteiger partial charge in [0, 0.05) is 66.3 Å². The zero-order chi connectivity index (χ0) is 69.6. The number of amides is 6. The lowest BCUT2D eigenvalue weighted by Gasteiger charge is -2.12. The van der Waals surface area contributed by atoms with E-state index in [-0.39, 0.29) is 69.1 Å². The Morgan fingerprint density at radius 3 is 0.717 bits per heavy atom. The fraction of sp³-hybridized carbons (Fsp3) is 0.0405. The molecule has 25 nitrogen and oxygen atoms in total. The number of hydrogen-bond acceptors (Lipinski definition) is 19. The third-order valence-electron chi connectivity index (χ3n) is 13.2. The molecule has 6 amide bonds. The van der Waals surface area contributed by atoms with Crippen LogP contribution in [0.4, 0.5) is 35.2 Å². The molecule has 0 aliphatic rings. The molecular weight excluding hydrogens is 1270 g/mol. The van der Waals surface area contributed by atoms with Gasteiger partial charge >= 0.3 is 17.9 Å². The summed E-state index contributed by atoms with van der Waals surface area (Å²) in [5.74, 6) is -1.77. The fourth-order valence-corrected chi connectivity index (χ4v) is 8.86. The molecule has 2 aromatic heterocycles. The Bertz CT molecular complexity index is 4280. The van der Waals surface area contributed by atoms with Crippen molar-refractivity contribution < 1.29 is 71.6 Å². The molecule has 2 heterocycles. The van der Waals surface area contributed by atoms with Gasteiger partial charge in [-0.25, -0.2) is 0 Å². The minimum Gasteiger partial charge on any atom is -0.457 e. The van der Waals surface area contributed by atoms with E-state index in [1.807, 2.05) is 91.0 Å². The maximum Gasteiger partial charge on any atom is 0.308 e. The molecule has 0 unspecified atom stereocenters. The number of benzene rings is 9. The zero-order valence-corrected chi connectivity index (χ0v) is 52.6. The number of nitrogens with zero attached hydrogens (tertiary/aromatic N) is 4. The number of ether oxygens (including phenoxy) is 6. The van der Waals surface area contributed by atoms with Crippen LogP contribution in [0.2, 0.25) is 0 Å². The normalized spacial score (nSPS) is 10.3. The summed E-state index contributed by atoms with van der Waals surface area (Å²) in [4.78, 5) is 130. The number of para-hydroxylation sites is 3. The number of hydrogen-bond donors (Lipinski definition) is 6. The Hall–Kier alpha value is -14.2. The van der Waals surface area contributed by atoms with Crippen molar-refractivity contribution in [3.8, 4) is 51.7 Å². The lowest BCUT2D eigenvalue weighted by Crippen LogP contribution is -2.19. The lowest BCUT2D eigenvalue weighted by molar-refractivity contribution is -0.132. The number of anilines is 6. The summed E-state index contributed by atoms with van der Waals surface area (Å²) >= 11 is 0. The van der Waals surface area contributed by atoms with E-state index in [2.05, 4.69) is 51.8 Å². The van der Waals surface area contributed by atoms with E-state index in [1.165, 1.54) is 106 Å². The van der Waals surface area contributed by atoms with Crippen LogP contribution in [0, 0.1) is 0 Å². The number of carbonyl (C=O) groups is 9. The smallest absolute Gasteiger partial charge is 0.308 e. The van der Waals surface area contributed by atoms with Crippen LogP contribution in [-0.2, 0) is 14.4 Å². The predicted molar refractivity (Wildman–Crippen MR) is 364 cm³/mol. The van der Waals surface area contributed by atoms with Gasteiger partial charge in [-0.2, -0.15) is 19.9 Å². The van der Waals surface area contributed by atoms with E-state index >= 15 is 0 Å². The highest BCUT2D eigenvalue weighted by Crippen LogP contribution is 2.28. The van der Waals surface area contributed by atoms with Gasteiger partial charge in [-0.05, 0) is 164 Å². The Balaban J connectivity index is 0.000000218. The van der Waals surface area contributed by atoms with Crippen molar-refractivity contribution >= 4 is 88.5 Å². The molecule has 11 aromatic rings. The molecule has 9 aromatic carbocycles. The third kappa shape index (κ3) is 20.4. The second-order valence-corrected chi connectivity index (χ2v) is 20.8. The summed E-state index contributed by atoms with van der Waals surface area (Å²) in [6.07, 6.45) is 0. The predicted octanol–water partition coefficient (Wildman–Crippen LogP) is 13.6. The quantitative estimate of drug-likeness (QED) is 0.0287. The van der Waals surface area contributed by atoms with Crippen molar-refractivity contribution in [1.82, 2.24) is 19.9 Å². The summed E-state index contributed by atoms with van der Waals surface area (Å²) in [6.45, 7) is 3.66. The molecule has 11 rings (SSSR count). The monoisotopic (exact) mass is 1320 g/mol. The van der Waals surface area contributed by atoms with Gasteiger partial charge < -0.3 is 49.7 Å². The second-order valence-electron chi connectivity index (χ2n) is 20.8. The molecule has 0 radical (unpaired) electrons. The van der Waals surface area contributed by atoms with Crippen LogP contribution >= 0.6 is 0 Å². The van der Waals surface area contributed by atoms with E-state index in [9.17, 15) is 43.2 Å². The maximum absolute atomic E-state index is 13.3. The minimum absolute atomic E-state index is 0.0310. The van der Waals surface area contributed by atoms with Crippen LogP contribution < -0.4 is 60.3 Å². The SMILES string of the molecule is CC(=O)Oc1cccc(C(=O)Nc2cc(NC(=O)c3cccc(OC(C)=O)c3)nc(NC(=O)c3cccc(OC(C)=O)c3)n2)c1.O=C(Nc1cc(NC(=O)c2ccc(Oc3ccccc3)cc2)nc(NC(=O)c2ccc(Oc3ccccc3)cc2)n1)c1ccc(Oc2ccccc2)cc1. The Morgan fingerprint density at radius 2 is 0.455 bits per heavy atom. The molecule has 99 heavy (non-hydrogen) atoms. The van der Waals surface area contributed by atoms with E-state index in [0.717, 1.165) is 0 Å². The van der Waals surface area contributed by atoms with Crippen molar-refractivity contribution in [2.75, 3.05) is 31.9 Å². The first-order chi connectivity index (χ1) is 47.9. The van der Waals surface area contributed by atoms with Gasteiger partial charge in [-0.15, -0.1) is 0 Å². The Kier molecular flexibility index (Phi) is 22.2. The van der Waals surface area contributed by atoms with Gasteiger partial charge in [0.25, 0.3) is 35.4 Å². The van der Waals surface area contributed by atoms with Crippen molar-refractivity contribution in [3.63, 3.8) is 0 Å². The third-order valence-corrected chi connectivity index (χ3v) is 13.2. The molecular formula is C74H56N10O15. The molecule has 0 spiro atoms. The molecule has 0 aliphatic carbocycles. The van der Waals surface area contributed by atoms with Crippen LogP contribution in [0.15, 0.2) is 249 Å². The van der Waals surface area contributed by atoms with Gasteiger partial charge in [0.2, 0.25) is 11.9 Å². The molecule has 0 atom stereocenters. The number of rotatable bonds is 21. The molecule has 0 fully saturated rings. The summed E-state index contributed by atoms with van der Waals surface area (Å²) in [5, 5.41) is 15.7. The summed E-state index contributed by atoms with van der Waals surface area (Å²) < 4.78 is 32.6. The summed E-state index contributed by atoms with van der Waals surface area (Å²) in [7, 11) is 0. The highest BCUT2D eigenvalue weighted by molar-refractivity contribution is 6.09. The van der Waals surface area contributed by atoms with Gasteiger partial charge in [0.1, 0.15) is 75.0 Å². The zero-order valence-electron chi connectivity index (χ0n) is 52.6. The Labute approximate surface area is 564 Å². The molecule has 492 valence electrons. The van der Waals surface area contributed by atoms with Gasteiger partial charge in [0.05, 0.1) is 0 Å². The standard InChI is InChI=1S/C43H31N5O6.C31H25N5O9/c49-40(29-16-22-35(23-17-29)52-32-10-4-1-5-11-32)44-38-28-39(45-41(50)30-18-24-36(25-19-30)53-33-12-6-2-7-13-33)47-43(46-38)48-42(51)31-20-26-37(27-21-31)54-34-14-8-3-9-15-34;1-17(37)43-23-10-4-7-20(13-23)28(40)32-26-16-27(33-29(41)21-8-5-11-24(14-21)44-18(2)38)35-31(34-26)36-30(42)22-9-6-12-25(15-22)45-19(3)39/h1-28H,(H3,44,45,46,47,48,49,50,51);4-16H,1-3H3,(H3,32,33,34,35,36,40,41,42).